The van der Waals surface area contributed by atoms with Gasteiger partial charge in [-0.2, -0.15) is 0 Å². The van der Waals surface area contributed by atoms with Gasteiger partial charge in [-0.15, -0.1) is 0 Å². The molecule has 0 amide bonds. The second-order valence-electron chi connectivity index (χ2n) is 16.2. The Balaban J connectivity index is 2.45. The third kappa shape index (κ3) is 11.5. The molecule has 2 atom stereocenters. The molecular formula is C43H70O5. The lowest BCUT2D eigenvalue weighted by Gasteiger charge is -2.34. The van der Waals surface area contributed by atoms with Gasteiger partial charge in [-0.05, 0) is 101 Å². The first-order valence-corrected chi connectivity index (χ1v) is 19.0. The number of benzene rings is 2. The summed E-state index contributed by atoms with van der Waals surface area (Å²) < 4.78 is 0. The number of carbonyl (C=O) groups is 1. The van der Waals surface area contributed by atoms with Crippen LogP contribution in [0.5, 0.6) is 0 Å². The molecular weight excluding hydrogens is 596 g/mol. The Morgan fingerprint density at radius 1 is 0.583 bits per heavy atom. The van der Waals surface area contributed by atoms with Crippen molar-refractivity contribution < 1.29 is 24.3 Å². The lowest BCUT2D eigenvalue weighted by Crippen LogP contribution is -2.33. The van der Waals surface area contributed by atoms with Crippen LogP contribution in [0.2, 0.25) is 0 Å². The standard InChI is InChI=1S/C43H70O5/c1-15-19-21-27-40(9,10)45-47-42(13,17-3)34-25-23-33(24-26-34)39(44)38-36(31(5)6)29-35(30-37(38)32(7)8)43(14,18-4)48-46-41(11,12)28-22-20-16-2/h23-26,29-32H,15-22,27-28H2,1-14H3. The maximum absolute atomic E-state index is 14.4. The molecule has 2 aromatic carbocycles. The minimum Gasteiger partial charge on any atom is -0.289 e. The van der Waals surface area contributed by atoms with Gasteiger partial charge in [0.2, 0.25) is 0 Å². The second kappa shape index (κ2) is 18.3. The monoisotopic (exact) mass is 667 g/mol. The average Bonchev–Trinajstić information content (AvgIpc) is 3.05. The Morgan fingerprint density at radius 2 is 0.979 bits per heavy atom. The Labute approximate surface area is 294 Å². The first-order chi connectivity index (χ1) is 22.4. The molecule has 0 aromatic heterocycles. The highest BCUT2D eigenvalue weighted by Gasteiger charge is 2.35. The summed E-state index contributed by atoms with van der Waals surface area (Å²) in [7, 11) is 0. The summed E-state index contributed by atoms with van der Waals surface area (Å²) in [5.74, 6) is 0.325. The lowest BCUT2D eigenvalue weighted by atomic mass is 9.79. The SMILES string of the molecule is CCCCCC(C)(C)OOC(C)(CC)c1ccc(C(=O)c2c(C(C)C)cc(C(C)(CC)OOC(C)(C)CCCCC)cc2C(C)C)cc1. The van der Waals surface area contributed by atoms with Crippen LogP contribution in [0.15, 0.2) is 36.4 Å². The number of hydrogen-bond acceptors (Lipinski definition) is 5. The Hall–Kier alpha value is -2.05. The van der Waals surface area contributed by atoms with Gasteiger partial charge in [-0.3, -0.25) is 4.79 Å². The smallest absolute Gasteiger partial charge is 0.193 e. The zero-order valence-corrected chi connectivity index (χ0v) is 33.2. The second-order valence-corrected chi connectivity index (χ2v) is 16.2. The zero-order valence-electron chi connectivity index (χ0n) is 33.2. The van der Waals surface area contributed by atoms with Crippen molar-refractivity contribution in [3.05, 3.63) is 69.8 Å². The van der Waals surface area contributed by atoms with E-state index < -0.39 is 11.2 Å². The van der Waals surface area contributed by atoms with E-state index in [0.717, 1.165) is 66.3 Å². The van der Waals surface area contributed by atoms with E-state index in [2.05, 4.69) is 109 Å². The van der Waals surface area contributed by atoms with Crippen molar-refractivity contribution in [1.82, 2.24) is 0 Å². The molecule has 48 heavy (non-hydrogen) atoms. The molecule has 0 bridgehead atoms. The van der Waals surface area contributed by atoms with Crippen molar-refractivity contribution in [3.8, 4) is 0 Å². The third-order valence-electron chi connectivity index (χ3n) is 10.1. The number of hydrogen-bond donors (Lipinski definition) is 0. The van der Waals surface area contributed by atoms with Crippen LogP contribution >= 0.6 is 0 Å². The molecule has 0 aliphatic carbocycles. The van der Waals surface area contributed by atoms with Crippen molar-refractivity contribution in [1.29, 1.82) is 0 Å². The highest BCUT2D eigenvalue weighted by Crippen LogP contribution is 2.39. The minimum atomic E-state index is -0.657. The molecule has 2 unspecified atom stereocenters. The van der Waals surface area contributed by atoms with Gasteiger partial charge in [0, 0.05) is 11.1 Å². The van der Waals surface area contributed by atoms with Gasteiger partial charge in [-0.25, -0.2) is 19.6 Å². The fourth-order valence-corrected chi connectivity index (χ4v) is 6.00. The Bertz CT molecular complexity index is 1250. The zero-order chi connectivity index (χ0) is 36.3. The predicted octanol–water partition coefficient (Wildman–Crippen LogP) is 13.0. The Morgan fingerprint density at radius 3 is 1.33 bits per heavy atom. The summed E-state index contributed by atoms with van der Waals surface area (Å²) in [6, 6.07) is 12.3. The maximum Gasteiger partial charge on any atom is 0.193 e. The van der Waals surface area contributed by atoms with Gasteiger partial charge in [0.1, 0.15) is 11.2 Å². The quantitative estimate of drug-likeness (QED) is 0.0542. The molecule has 0 spiro atoms. The summed E-state index contributed by atoms with van der Waals surface area (Å²) in [5, 5.41) is 0. The maximum atomic E-state index is 14.4. The molecule has 5 nitrogen and oxygen atoms in total. The van der Waals surface area contributed by atoms with Crippen molar-refractivity contribution in [3.63, 3.8) is 0 Å². The van der Waals surface area contributed by atoms with E-state index in [1.54, 1.807) is 0 Å². The van der Waals surface area contributed by atoms with E-state index in [1.165, 1.54) is 25.7 Å². The molecule has 0 N–H and O–H groups in total. The summed E-state index contributed by atoms with van der Waals surface area (Å²) in [5.41, 5.74) is 3.53. The van der Waals surface area contributed by atoms with E-state index in [1.807, 2.05) is 24.3 Å². The highest BCUT2D eigenvalue weighted by atomic mass is 17.2. The molecule has 0 saturated carbocycles. The van der Waals surface area contributed by atoms with Gasteiger partial charge in [-0.1, -0.05) is 130 Å². The number of ketones is 1. The van der Waals surface area contributed by atoms with E-state index >= 15 is 0 Å². The predicted molar refractivity (Wildman–Crippen MR) is 201 cm³/mol. The van der Waals surface area contributed by atoms with Gasteiger partial charge < -0.3 is 0 Å². The largest absolute Gasteiger partial charge is 0.289 e. The van der Waals surface area contributed by atoms with Gasteiger partial charge >= 0.3 is 0 Å². The number of unbranched alkanes of at least 4 members (excludes halogenated alkanes) is 4. The van der Waals surface area contributed by atoms with Gasteiger partial charge in [0.05, 0.1) is 11.2 Å². The molecule has 272 valence electrons. The van der Waals surface area contributed by atoms with E-state index in [0.29, 0.717) is 5.56 Å². The molecule has 5 heteroatoms. The van der Waals surface area contributed by atoms with E-state index in [4.69, 9.17) is 19.6 Å². The van der Waals surface area contributed by atoms with E-state index in [9.17, 15) is 4.79 Å². The first kappa shape index (κ1) is 42.1. The molecule has 0 fully saturated rings. The van der Waals surface area contributed by atoms with Crippen molar-refractivity contribution in [2.45, 2.75) is 195 Å². The van der Waals surface area contributed by atoms with Crippen LogP contribution in [-0.2, 0) is 30.8 Å². The van der Waals surface area contributed by atoms with Crippen molar-refractivity contribution in [2.24, 2.45) is 0 Å². The normalized spacial score (nSPS) is 15.2. The molecule has 0 aliphatic rings. The van der Waals surface area contributed by atoms with Crippen LogP contribution in [0.3, 0.4) is 0 Å². The molecule has 0 saturated heterocycles. The first-order valence-electron chi connectivity index (χ1n) is 19.0. The topological polar surface area (TPSA) is 54.0 Å². The van der Waals surface area contributed by atoms with Crippen LogP contribution in [-0.4, -0.2) is 17.0 Å². The van der Waals surface area contributed by atoms with Crippen LogP contribution in [0, 0.1) is 0 Å². The summed E-state index contributed by atoms with van der Waals surface area (Å²) in [6.07, 6.45) is 10.3. The fraction of sp³-hybridized carbons (Fsp3) is 0.698. The van der Waals surface area contributed by atoms with Crippen LogP contribution in [0.1, 0.15) is 211 Å². The molecule has 0 heterocycles. The van der Waals surface area contributed by atoms with Gasteiger partial charge in [0.25, 0.3) is 0 Å². The third-order valence-corrected chi connectivity index (χ3v) is 10.1. The molecule has 0 radical (unpaired) electrons. The highest BCUT2D eigenvalue weighted by molar-refractivity contribution is 6.11. The van der Waals surface area contributed by atoms with Crippen LogP contribution in [0.25, 0.3) is 0 Å². The molecule has 0 aliphatic heterocycles. The van der Waals surface area contributed by atoms with E-state index in [-0.39, 0.29) is 28.8 Å². The Kier molecular flexibility index (Phi) is 16.0. The summed E-state index contributed by atoms with van der Waals surface area (Å²) >= 11 is 0. The average molecular weight is 667 g/mol. The lowest BCUT2D eigenvalue weighted by molar-refractivity contribution is -0.410. The van der Waals surface area contributed by atoms with Crippen LogP contribution < -0.4 is 0 Å². The minimum absolute atomic E-state index is 0.0420. The summed E-state index contributed by atoms with van der Waals surface area (Å²) in [4.78, 5) is 39.1. The number of rotatable bonds is 22. The summed E-state index contributed by atoms with van der Waals surface area (Å²) in [6.45, 7) is 29.8. The van der Waals surface area contributed by atoms with Gasteiger partial charge in [0.15, 0.2) is 5.78 Å². The van der Waals surface area contributed by atoms with Crippen LogP contribution in [0.4, 0.5) is 0 Å². The molecule has 2 rings (SSSR count). The molecule has 2 aromatic rings. The number of carbonyl (C=O) groups excluding carboxylic acids is 1. The fourth-order valence-electron chi connectivity index (χ4n) is 6.00. The van der Waals surface area contributed by atoms with Crippen molar-refractivity contribution >= 4 is 5.78 Å². The van der Waals surface area contributed by atoms with Crippen molar-refractivity contribution in [2.75, 3.05) is 0 Å².